The zero-order valence-corrected chi connectivity index (χ0v) is 8.41. The highest BCUT2D eigenvalue weighted by Gasteiger charge is 2.06. The summed E-state index contributed by atoms with van der Waals surface area (Å²) in [4.78, 5) is 11.1. The van der Waals surface area contributed by atoms with Crippen molar-refractivity contribution in [3.63, 3.8) is 0 Å². The van der Waals surface area contributed by atoms with Crippen molar-refractivity contribution in [3.8, 4) is 0 Å². The molecule has 0 aliphatic carbocycles. The minimum Gasteiger partial charge on any atom is -0.465 e. The monoisotopic (exact) mass is 214 g/mol. The number of carbonyl (C=O) groups is 1. The molecule has 4 nitrogen and oxygen atoms in total. The Hall–Kier alpha value is -1.20. The van der Waals surface area contributed by atoms with Gasteiger partial charge < -0.3 is 9.29 Å². The lowest BCUT2D eigenvalue weighted by Crippen LogP contribution is -2.02. The van der Waals surface area contributed by atoms with Crippen molar-refractivity contribution in [2.45, 2.75) is 5.75 Å². The topological polar surface area (TPSA) is 63.6 Å². The standard InChI is InChI=1S/C9H10O4S/c1-13-9(10)8-4-2-3-7(5-8)6-14(11)12/h2-5H,6H2,1H3,(H,11,12). The van der Waals surface area contributed by atoms with Crippen LogP contribution in [0.25, 0.3) is 0 Å². The molecule has 1 atom stereocenters. The second kappa shape index (κ2) is 4.88. The number of hydrogen-bond acceptors (Lipinski definition) is 3. The van der Waals surface area contributed by atoms with E-state index in [9.17, 15) is 9.00 Å². The number of ether oxygens (including phenoxy) is 1. The lowest BCUT2D eigenvalue weighted by molar-refractivity contribution is 0.0600. The number of benzene rings is 1. The molecule has 0 aromatic heterocycles. The van der Waals surface area contributed by atoms with Gasteiger partial charge >= 0.3 is 5.97 Å². The highest BCUT2D eigenvalue weighted by molar-refractivity contribution is 7.78. The molecule has 14 heavy (non-hydrogen) atoms. The van der Waals surface area contributed by atoms with Crippen molar-refractivity contribution >= 4 is 17.0 Å². The van der Waals surface area contributed by atoms with Crippen molar-refractivity contribution in [3.05, 3.63) is 35.4 Å². The molecule has 0 heterocycles. The summed E-state index contributed by atoms with van der Waals surface area (Å²) in [6.45, 7) is 0. The van der Waals surface area contributed by atoms with Crippen LogP contribution in [-0.2, 0) is 21.6 Å². The van der Waals surface area contributed by atoms with Gasteiger partial charge in [-0.15, -0.1) is 0 Å². The fourth-order valence-electron chi connectivity index (χ4n) is 1.05. The molecule has 1 aromatic rings. The number of rotatable bonds is 3. The van der Waals surface area contributed by atoms with Crippen molar-refractivity contribution in [1.82, 2.24) is 0 Å². The molecule has 0 aliphatic heterocycles. The van der Waals surface area contributed by atoms with Gasteiger partial charge in [0.05, 0.1) is 18.4 Å². The largest absolute Gasteiger partial charge is 0.465 e. The summed E-state index contributed by atoms with van der Waals surface area (Å²) in [7, 11) is 1.29. The Balaban J connectivity index is 2.89. The molecule has 0 radical (unpaired) electrons. The smallest absolute Gasteiger partial charge is 0.337 e. The van der Waals surface area contributed by atoms with Gasteiger partial charge in [0.2, 0.25) is 0 Å². The normalized spacial score (nSPS) is 12.1. The zero-order chi connectivity index (χ0) is 10.6. The highest BCUT2D eigenvalue weighted by Crippen LogP contribution is 2.08. The highest BCUT2D eigenvalue weighted by atomic mass is 32.2. The van der Waals surface area contributed by atoms with Crippen LogP contribution in [0.3, 0.4) is 0 Å². The van der Waals surface area contributed by atoms with Crippen molar-refractivity contribution < 1.29 is 18.3 Å². The van der Waals surface area contributed by atoms with Crippen LogP contribution in [0.1, 0.15) is 15.9 Å². The van der Waals surface area contributed by atoms with Crippen LogP contribution in [0.2, 0.25) is 0 Å². The molecular formula is C9H10O4S. The van der Waals surface area contributed by atoms with Crippen molar-refractivity contribution in [2.24, 2.45) is 0 Å². The molecule has 0 saturated heterocycles. The van der Waals surface area contributed by atoms with Crippen LogP contribution >= 0.6 is 0 Å². The van der Waals surface area contributed by atoms with E-state index in [2.05, 4.69) is 4.74 Å². The summed E-state index contributed by atoms with van der Waals surface area (Å²) in [6, 6.07) is 6.46. The third-order valence-corrected chi connectivity index (χ3v) is 2.22. The lowest BCUT2D eigenvalue weighted by atomic mass is 10.1. The fraction of sp³-hybridized carbons (Fsp3) is 0.222. The zero-order valence-electron chi connectivity index (χ0n) is 7.60. The maximum Gasteiger partial charge on any atom is 0.337 e. The van der Waals surface area contributed by atoms with E-state index in [-0.39, 0.29) is 5.75 Å². The van der Waals surface area contributed by atoms with E-state index in [0.29, 0.717) is 11.1 Å². The number of hydrogen-bond donors (Lipinski definition) is 1. The number of methoxy groups -OCH3 is 1. The van der Waals surface area contributed by atoms with Gasteiger partial charge in [-0.05, 0) is 17.7 Å². The Bertz CT molecular complexity index is 362. The Morgan fingerprint density at radius 1 is 1.57 bits per heavy atom. The average Bonchev–Trinajstić information content (AvgIpc) is 2.16. The van der Waals surface area contributed by atoms with Crippen LogP contribution in [0.4, 0.5) is 0 Å². The van der Waals surface area contributed by atoms with Gasteiger partial charge in [0.1, 0.15) is 0 Å². The van der Waals surface area contributed by atoms with Gasteiger partial charge in [0.15, 0.2) is 11.1 Å². The van der Waals surface area contributed by atoms with E-state index in [4.69, 9.17) is 4.55 Å². The minimum atomic E-state index is -1.89. The van der Waals surface area contributed by atoms with Crippen LogP contribution in [-0.4, -0.2) is 21.8 Å². The predicted octanol–water partition coefficient (Wildman–Crippen LogP) is 1.19. The molecule has 1 aromatic carbocycles. The number of esters is 1. The van der Waals surface area contributed by atoms with Crippen LogP contribution < -0.4 is 0 Å². The Morgan fingerprint density at radius 3 is 2.86 bits per heavy atom. The van der Waals surface area contributed by atoms with Gasteiger partial charge in [-0.3, -0.25) is 0 Å². The van der Waals surface area contributed by atoms with Gasteiger partial charge in [-0.25, -0.2) is 9.00 Å². The predicted molar refractivity (Wildman–Crippen MR) is 52.3 cm³/mol. The van der Waals surface area contributed by atoms with Crippen molar-refractivity contribution in [1.29, 1.82) is 0 Å². The molecule has 1 N–H and O–H groups in total. The first-order valence-electron chi connectivity index (χ1n) is 3.88. The first kappa shape index (κ1) is 10.9. The second-order valence-electron chi connectivity index (χ2n) is 2.66. The van der Waals surface area contributed by atoms with E-state index in [1.165, 1.54) is 7.11 Å². The van der Waals surface area contributed by atoms with E-state index < -0.39 is 17.0 Å². The minimum absolute atomic E-state index is 0.0187. The van der Waals surface area contributed by atoms with Crippen LogP contribution in [0.15, 0.2) is 24.3 Å². The van der Waals surface area contributed by atoms with Crippen molar-refractivity contribution in [2.75, 3.05) is 7.11 Å². The average molecular weight is 214 g/mol. The Morgan fingerprint density at radius 2 is 2.29 bits per heavy atom. The summed E-state index contributed by atoms with van der Waals surface area (Å²) in [5.41, 5.74) is 1.02. The Labute approximate surface area is 84.2 Å². The third kappa shape index (κ3) is 2.93. The maximum atomic E-state index is 11.1. The molecule has 0 bridgehead atoms. The van der Waals surface area contributed by atoms with Crippen LogP contribution in [0.5, 0.6) is 0 Å². The van der Waals surface area contributed by atoms with E-state index in [1.807, 2.05) is 0 Å². The molecule has 76 valence electrons. The van der Waals surface area contributed by atoms with Gasteiger partial charge in [0.25, 0.3) is 0 Å². The SMILES string of the molecule is COC(=O)c1cccc(CS(=O)O)c1. The summed E-state index contributed by atoms with van der Waals surface area (Å²) in [5, 5.41) is 0. The molecule has 0 saturated carbocycles. The summed E-state index contributed by atoms with van der Waals surface area (Å²) in [6.07, 6.45) is 0. The van der Waals surface area contributed by atoms with Gasteiger partial charge in [0, 0.05) is 0 Å². The first-order valence-corrected chi connectivity index (χ1v) is 5.16. The lowest BCUT2D eigenvalue weighted by Gasteiger charge is -2.01. The van der Waals surface area contributed by atoms with E-state index in [0.717, 1.165) is 0 Å². The fourth-order valence-corrected chi connectivity index (χ4v) is 1.51. The summed E-state index contributed by atoms with van der Waals surface area (Å²) < 4.78 is 23.7. The quantitative estimate of drug-likeness (QED) is 0.606. The molecule has 0 aliphatic rings. The Kier molecular flexibility index (Phi) is 3.79. The van der Waals surface area contributed by atoms with E-state index >= 15 is 0 Å². The van der Waals surface area contributed by atoms with Gasteiger partial charge in [-0.2, -0.15) is 0 Å². The molecule has 1 rings (SSSR count). The third-order valence-electron chi connectivity index (χ3n) is 1.64. The first-order chi connectivity index (χ1) is 6.63. The molecule has 1 unspecified atom stereocenters. The summed E-state index contributed by atoms with van der Waals surface area (Å²) in [5.74, 6) is -0.430. The molecule has 0 spiro atoms. The molecular weight excluding hydrogens is 204 g/mol. The van der Waals surface area contributed by atoms with Crippen LogP contribution in [0, 0.1) is 0 Å². The van der Waals surface area contributed by atoms with Gasteiger partial charge in [-0.1, -0.05) is 12.1 Å². The molecule has 0 amide bonds. The molecule has 0 fully saturated rings. The number of carbonyl (C=O) groups excluding carboxylic acids is 1. The second-order valence-corrected chi connectivity index (χ2v) is 3.59. The van der Waals surface area contributed by atoms with E-state index in [1.54, 1.807) is 24.3 Å². The molecule has 5 heteroatoms. The summed E-state index contributed by atoms with van der Waals surface area (Å²) >= 11 is -1.89. The maximum absolute atomic E-state index is 11.1.